The van der Waals surface area contributed by atoms with E-state index in [-0.39, 0.29) is 29.1 Å². The number of non-ortho nitro benzene ring substituents is 1. The first kappa shape index (κ1) is 22.0. The average molecular weight is 461 g/mol. The molecule has 4 rings (SSSR count). The summed E-state index contributed by atoms with van der Waals surface area (Å²) in [4.78, 5) is 10.5. The van der Waals surface area contributed by atoms with Crippen molar-refractivity contribution >= 4 is 27.6 Å². The Labute approximate surface area is 186 Å². The van der Waals surface area contributed by atoms with Crippen molar-refractivity contribution in [1.29, 1.82) is 0 Å². The van der Waals surface area contributed by atoms with Gasteiger partial charge in [-0.15, -0.1) is 0 Å². The Morgan fingerprint density at radius 2 is 1.97 bits per heavy atom. The number of hydrogen-bond acceptors (Lipinski definition) is 8. The van der Waals surface area contributed by atoms with Gasteiger partial charge in [-0.1, -0.05) is 6.92 Å². The van der Waals surface area contributed by atoms with Gasteiger partial charge in [0.05, 0.1) is 16.8 Å². The van der Waals surface area contributed by atoms with E-state index in [4.69, 9.17) is 9.47 Å². The molecule has 11 heteroatoms. The van der Waals surface area contributed by atoms with Crippen LogP contribution < -0.4 is 14.9 Å². The maximum Gasteiger partial charge on any atom is 0.270 e. The summed E-state index contributed by atoms with van der Waals surface area (Å²) in [6, 6.07) is 8.77. The number of nitro benzene ring substituents is 1. The molecule has 1 saturated heterocycles. The fraction of sp³-hybridized carbons (Fsp3) is 0.381. The molecule has 1 N–H and O–H groups in total. The van der Waals surface area contributed by atoms with E-state index in [0.717, 1.165) is 18.9 Å². The number of nitro groups is 1. The Bertz CT molecular complexity index is 1170. The number of rotatable bonds is 6. The van der Waals surface area contributed by atoms with E-state index < -0.39 is 14.9 Å². The van der Waals surface area contributed by atoms with Crippen molar-refractivity contribution in [3.8, 4) is 11.5 Å². The Morgan fingerprint density at radius 3 is 2.72 bits per heavy atom. The van der Waals surface area contributed by atoms with E-state index in [1.54, 1.807) is 18.2 Å². The summed E-state index contributed by atoms with van der Waals surface area (Å²) in [6.45, 7) is 4.47. The predicted molar refractivity (Wildman–Crippen MR) is 119 cm³/mol. The number of nitrogens with one attached hydrogen (secondary N) is 1. The zero-order valence-corrected chi connectivity index (χ0v) is 18.5. The van der Waals surface area contributed by atoms with E-state index in [1.807, 2.05) is 6.92 Å². The number of nitrogens with zero attached hydrogens (tertiary/aromatic N) is 3. The highest BCUT2D eigenvalue weighted by atomic mass is 32.2. The third-order valence-corrected chi connectivity index (χ3v) is 7.69. The zero-order valence-electron chi connectivity index (χ0n) is 17.7. The first-order valence-electron chi connectivity index (χ1n) is 10.2. The van der Waals surface area contributed by atoms with Gasteiger partial charge in [-0.2, -0.15) is 9.41 Å². The van der Waals surface area contributed by atoms with Gasteiger partial charge in [0.25, 0.3) is 5.69 Å². The predicted octanol–water partition coefficient (Wildman–Crippen LogP) is 3.58. The van der Waals surface area contributed by atoms with Gasteiger partial charge in [0, 0.05) is 24.7 Å². The van der Waals surface area contributed by atoms with Crippen molar-refractivity contribution in [3.05, 3.63) is 52.1 Å². The molecule has 10 nitrogen and oxygen atoms in total. The normalized spacial score (nSPS) is 21.1. The van der Waals surface area contributed by atoms with Crippen LogP contribution in [0.1, 0.15) is 32.3 Å². The van der Waals surface area contributed by atoms with Gasteiger partial charge in [0.2, 0.25) is 16.8 Å². The van der Waals surface area contributed by atoms with Crippen LogP contribution in [0.25, 0.3) is 0 Å². The standard InChI is InChI=1S/C21H24N4O6S/c1-14-7-8-24(15(2)9-14)32(28,29)21-11-17(25(26)27)4-5-18(21)23-22-12-16-3-6-19-20(10-16)31-13-30-19/h3-6,10-12,14-15,23H,7-9,13H2,1-2H3/b22-12-/t14-,15+/m0/s1. The largest absolute Gasteiger partial charge is 0.454 e. The van der Waals surface area contributed by atoms with E-state index in [1.165, 1.54) is 22.7 Å². The average Bonchev–Trinajstić information content (AvgIpc) is 3.21. The van der Waals surface area contributed by atoms with E-state index in [2.05, 4.69) is 17.5 Å². The lowest BCUT2D eigenvalue weighted by Crippen LogP contribution is -2.44. The summed E-state index contributed by atoms with van der Waals surface area (Å²) in [7, 11) is -3.97. The molecule has 2 aliphatic heterocycles. The molecule has 0 spiro atoms. The second kappa shape index (κ2) is 8.75. The summed E-state index contributed by atoms with van der Waals surface area (Å²) < 4.78 is 38.9. The molecule has 0 amide bonds. The Balaban J connectivity index is 1.63. The third-order valence-electron chi connectivity index (χ3n) is 5.64. The minimum Gasteiger partial charge on any atom is -0.454 e. The number of hydrogen-bond donors (Lipinski definition) is 1. The molecule has 0 radical (unpaired) electrons. The third kappa shape index (κ3) is 4.39. The van der Waals surface area contributed by atoms with E-state index in [0.29, 0.717) is 29.5 Å². The lowest BCUT2D eigenvalue weighted by molar-refractivity contribution is -0.385. The summed E-state index contributed by atoms with van der Waals surface area (Å²) in [6.07, 6.45) is 2.98. The monoisotopic (exact) mass is 460 g/mol. The molecule has 32 heavy (non-hydrogen) atoms. The number of ether oxygens (including phenoxy) is 2. The van der Waals surface area contributed by atoms with Crippen molar-refractivity contribution in [2.45, 2.75) is 37.6 Å². The highest BCUT2D eigenvalue weighted by Gasteiger charge is 2.35. The molecule has 2 aliphatic rings. The van der Waals surface area contributed by atoms with Crippen molar-refractivity contribution in [2.24, 2.45) is 11.0 Å². The topological polar surface area (TPSA) is 123 Å². The maximum absolute atomic E-state index is 13.4. The van der Waals surface area contributed by atoms with Crippen LogP contribution in [0.15, 0.2) is 46.4 Å². The Hall–Kier alpha value is -3.18. The van der Waals surface area contributed by atoms with Crippen molar-refractivity contribution < 1.29 is 22.8 Å². The molecule has 2 atom stereocenters. The molecular weight excluding hydrogens is 436 g/mol. The van der Waals surface area contributed by atoms with Crippen LogP contribution in [0, 0.1) is 16.0 Å². The molecule has 0 aliphatic carbocycles. The minimum atomic E-state index is -3.97. The second-order valence-corrected chi connectivity index (χ2v) is 9.87. The smallest absolute Gasteiger partial charge is 0.270 e. The van der Waals surface area contributed by atoms with Crippen LogP contribution >= 0.6 is 0 Å². The van der Waals surface area contributed by atoms with Crippen LogP contribution in [-0.4, -0.2) is 43.2 Å². The van der Waals surface area contributed by atoms with Gasteiger partial charge in [-0.05, 0) is 55.5 Å². The first-order valence-corrected chi connectivity index (χ1v) is 11.7. The molecule has 2 aromatic rings. The molecule has 0 aromatic heterocycles. The van der Waals surface area contributed by atoms with Crippen LogP contribution in [0.2, 0.25) is 0 Å². The van der Waals surface area contributed by atoms with Gasteiger partial charge in [-0.3, -0.25) is 15.5 Å². The van der Waals surface area contributed by atoms with Gasteiger partial charge in [0.15, 0.2) is 11.5 Å². The summed E-state index contributed by atoms with van der Waals surface area (Å²) >= 11 is 0. The lowest BCUT2D eigenvalue weighted by atomic mass is 9.95. The highest BCUT2D eigenvalue weighted by molar-refractivity contribution is 7.89. The fourth-order valence-corrected chi connectivity index (χ4v) is 5.79. The number of benzene rings is 2. The quantitative estimate of drug-likeness (QED) is 0.397. The number of sulfonamides is 1. The molecule has 170 valence electrons. The summed E-state index contributed by atoms with van der Waals surface area (Å²) in [5.74, 6) is 1.66. The van der Waals surface area contributed by atoms with Gasteiger partial charge < -0.3 is 9.47 Å². The van der Waals surface area contributed by atoms with Gasteiger partial charge >= 0.3 is 0 Å². The van der Waals surface area contributed by atoms with Gasteiger partial charge in [-0.25, -0.2) is 8.42 Å². The Kier molecular flexibility index (Phi) is 6.02. The van der Waals surface area contributed by atoms with Crippen molar-refractivity contribution in [1.82, 2.24) is 4.31 Å². The first-order chi connectivity index (χ1) is 15.3. The number of anilines is 1. The van der Waals surface area contributed by atoms with Crippen LogP contribution in [0.3, 0.4) is 0 Å². The molecule has 1 fully saturated rings. The molecule has 2 aromatic carbocycles. The molecule has 2 heterocycles. The number of piperidine rings is 1. The fourth-order valence-electron chi connectivity index (χ4n) is 3.97. The molecular formula is C21H24N4O6S. The highest BCUT2D eigenvalue weighted by Crippen LogP contribution is 2.34. The molecule has 0 saturated carbocycles. The number of fused-ring (bicyclic) bond motifs is 1. The van der Waals surface area contributed by atoms with Gasteiger partial charge in [0.1, 0.15) is 4.90 Å². The SMILES string of the molecule is C[C@H]1CCN(S(=O)(=O)c2cc([N+](=O)[O-])ccc2N/N=C\c2ccc3c(c2)OCO3)[C@H](C)C1. The lowest BCUT2D eigenvalue weighted by Gasteiger charge is -2.35. The zero-order chi connectivity index (χ0) is 22.9. The van der Waals surface area contributed by atoms with Crippen molar-refractivity contribution in [2.75, 3.05) is 18.8 Å². The molecule has 0 bridgehead atoms. The minimum absolute atomic E-state index is 0.159. The van der Waals surface area contributed by atoms with Crippen LogP contribution in [-0.2, 0) is 10.0 Å². The van der Waals surface area contributed by atoms with Crippen LogP contribution in [0.5, 0.6) is 11.5 Å². The maximum atomic E-state index is 13.4. The summed E-state index contributed by atoms with van der Waals surface area (Å²) in [5.41, 5.74) is 3.31. The Morgan fingerprint density at radius 1 is 1.19 bits per heavy atom. The number of hydrazone groups is 1. The van der Waals surface area contributed by atoms with Crippen LogP contribution in [0.4, 0.5) is 11.4 Å². The van der Waals surface area contributed by atoms with E-state index in [9.17, 15) is 18.5 Å². The summed E-state index contributed by atoms with van der Waals surface area (Å²) in [5, 5.41) is 15.4. The second-order valence-electron chi connectivity index (χ2n) is 8.01. The van der Waals surface area contributed by atoms with Crippen molar-refractivity contribution in [3.63, 3.8) is 0 Å². The van der Waals surface area contributed by atoms with E-state index >= 15 is 0 Å². The molecule has 0 unspecified atom stereocenters.